The van der Waals surface area contributed by atoms with Crippen molar-refractivity contribution in [2.75, 3.05) is 0 Å². The number of halogens is 1. The lowest BCUT2D eigenvalue weighted by Crippen LogP contribution is -2.31. The van der Waals surface area contributed by atoms with E-state index in [2.05, 4.69) is 6.42 Å². The van der Waals surface area contributed by atoms with Gasteiger partial charge in [0.1, 0.15) is 17.2 Å². The van der Waals surface area contributed by atoms with Crippen LogP contribution in [0.1, 0.15) is 25.8 Å². The molecule has 0 saturated heterocycles. The second-order valence-electron chi connectivity index (χ2n) is 3.95. The van der Waals surface area contributed by atoms with Gasteiger partial charge in [0.2, 0.25) is 0 Å². The van der Waals surface area contributed by atoms with Crippen LogP contribution in [0, 0.1) is 12.2 Å². The SMILES string of the molecule is CC1(C)C[CH]c2ccc(F)cc2O1. The molecule has 1 nitrogen and oxygen atoms in total. The van der Waals surface area contributed by atoms with E-state index in [0.29, 0.717) is 5.75 Å². The van der Waals surface area contributed by atoms with Gasteiger partial charge in [-0.3, -0.25) is 0 Å². The Hall–Kier alpha value is -1.05. The highest BCUT2D eigenvalue weighted by molar-refractivity contribution is 5.41. The summed E-state index contributed by atoms with van der Waals surface area (Å²) in [6.07, 6.45) is 2.95. The fourth-order valence-corrected chi connectivity index (χ4v) is 1.46. The minimum atomic E-state index is -0.246. The first-order valence-electron chi connectivity index (χ1n) is 4.39. The zero-order chi connectivity index (χ0) is 9.47. The van der Waals surface area contributed by atoms with Gasteiger partial charge in [-0.25, -0.2) is 4.39 Å². The third kappa shape index (κ3) is 1.67. The van der Waals surface area contributed by atoms with Crippen LogP contribution in [0.5, 0.6) is 5.75 Å². The van der Waals surface area contributed by atoms with Crippen molar-refractivity contribution in [3.63, 3.8) is 0 Å². The van der Waals surface area contributed by atoms with E-state index in [1.54, 1.807) is 6.07 Å². The van der Waals surface area contributed by atoms with Gasteiger partial charge in [-0.15, -0.1) is 0 Å². The lowest BCUT2D eigenvalue weighted by Gasteiger charge is -2.32. The van der Waals surface area contributed by atoms with Gasteiger partial charge in [0, 0.05) is 6.07 Å². The molecule has 0 saturated carbocycles. The molecule has 0 atom stereocenters. The molecular formula is C11H12FO. The number of hydrogen-bond acceptors (Lipinski definition) is 1. The molecule has 0 spiro atoms. The summed E-state index contributed by atoms with van der Waals surface area (Å²) in [7, 11) is 0. The number of hydrogen-bond donors (Lipinski definition) is 0. The maximum Gasteiger partial charge on any atom is 0.126 e. The third-order valence-corrected chi connectivity index (χ3v) is 2.18. The highest BCUT2D eigenvalue weighted by Crippen LogP contribution is 2.34. The molecule has 0 fully saturated rings. The van der Waals surface area contributed by atoms with E-state index >= 15 is 0 Å². The van der Waals surface area contributed by atoms with Crippen LogP contribution < -0.4 is 4.74 Å². The van der Waals surface area contributed by atoms with Crippen LogP contribution >= 0.6 is 0 Å². The first-order valence-corrected chi connectivity index (χ1v) is 4.39. The van der Waals surface area contributed by atoms with Crippen molar-refractivity contribution in [1.29, 1.82) is 0 Å². The molecule has 13 heavy (non-hydrogen) atoms. The van der Waals surface area contributed by atoms with Crippen LogP contribution in [0.3, 0.4) is 0 Å². The van der Waals surface area contributed by atoms with Gasteiger partial charge in [0.25, 0.3) is 0 Å². The van der Waals surface area contributed by atoms with Gasteiger partial charge in [0.15, 0.2) is 0 Å². The van der Waals surface area contributed by atoms with Gasteiger partial charge in [-0.05, 0) is 38.3 Å². The van der Waals surface area contributed by atoms with Crippen LogP contribution in [-0.4, -0.2) is 5.60 Å². The molecule has 0 bridgehead atoms. The second-order valence-corrected chi connectivity index (χ2v) is 3.95. The van der Waals surface area contributed by atoms with Crippen molar-refractivity contribution in [1.82, 2.24) is 0 Å². The minimum absolute atomic E-state index is 0.208. The Labute approximate surface area is 77.5 Å². The Morgan fingerprint density at radius 2 is 2.15 bits per heavy atom. The molecule has 0 N–H and O–H groups in total. The van der Waals surface area contributed by atoms with E-state index < -0.39 is 0 Å². The van der Waals surface area contributed by atoms with E-state index in [0.717, 1.165) is 12.0 Å². The zero-order valence-electron chi connectivity index (χ0n) is 7.80. The Morgan fingerprint density at radius 3 is 2.92 bits per heavy atom. The molecule has 0 aromatic heterocycles. The van der Waals surface area contributed by atoms with Crippen molar-refractivity contribution in [3.8, 4) is 5.75 Å². The summed E-state index contributed by atoms with van der Waals surface area (Å²) in [6.45, 7) is 3.99. The van der Waals surface area contributed by atoms with Crippen molar-refractivity contribution >= 4 is 0 Å². The summed E-state index contributed by atoms with van der Waals surface area (Å²) in [4.78, 5) is 0. The molecule has 2 rings (SSSR count). The van der Waals surface area contributed by atoms with Crippen molar-refractivity contribution in [3.05, 3.63) is 36.0 Å². The predicted molar refractivity (Wildman–Crippen MR) is 49.1 cm³/mol. The van der Waals surface area contributed by atoms with Crippen molar-refractivity contribution in [2.45, 2.75) is 25.9 Å². The standard InChI is InChI=1S/C11H12FO/c1-11(2)6-5-8-3-4-9(12)7-10(8)13-11/h3-5,7H,6H2,1-2H3. The fraction of sp³-hybridized carbons (Fsp3) is 0.364. The summed E-state index contributed by atoms with van der Waals surface area (Å²) in [5.74, 6) is 0.404. The molecule has 69 valence electrons. The summed E-state index contributed by atoms with van der Waals surface area (Å²) in [5, 5.41) is 0. The van der Waals surface area contributed by atoms with Crippen molar-refractivity contribution < 1.29 is 9.13 Å². The van der Waals surface area contributed by atoms with Crippen molar-refractivity contribution in [2.24, 2.45) is 0 Å². The Kier molecular flexibility index (Phi) is 1.79. The van der Waals surface area contributed by atoms with Gasteiger partial charge in [-0.2, -0.15) is 0 Å². The van der Waals surface area contributed by atoms with Crippen LogP contribution in [0.15, 0.2) is 18.2 Å². The molecular weight excluding hydrogens is 167 g/mol. The normalized spacial score (nSPS) is 19.0. The minimum Gasteiger partial charge on any atom is -0.487 e. The molecule has 1 aromatic rings. The summed E-state index contributed by atoms with van der Waals surface area (Å²) in [6, 6.07) is 4.64. The van der Waals surface area contributed by atoms with E-state index in [4.69, 9.17) is 4.74 Å². The van der Waals surface area contributed by atoms with E-state index in [9.17, 15) is 4.39 Å². The van der Waals surface area contributed by atoms with E-state index in [1.165, 1.54) is 12.1 Å². The summed E-state index contributed by atoms with van der Waals surface area (Å²) in [5.41, 5.74) is 0.779. The lowest BCUT2D eigenvalue weighted by atomic mass is 9.94. The van der Waals surface area contributed by atoms with E-state index in [-0.39, 0.29) is 11.4 Å². The molecule has 0 aliphatic carbocycles. The first-order chi connectivity index (χ1) is 6.07. The van der Waals surface area contributed by atoms with Crippen LogP contribution in [-0.2, 0) is 0 Å². The topological polar surface area (TPSA) is 9.23 Å². The van der Waals surface area contributed by atoms with Crippen LogP contribution in [0.25, 0.3) is 0 Å². The summed E-state index contributed by atoms with van der Waals surface area (Å²) >= 11 is 0. The number of rotatable bonds is 0. The Bertz CT molecular complexity index is 331. The quantitative estimate of drug-likeness (QED) is 0.595. The summed E-state index contributed by atoms with van der Waals surface area (Å²) < 4.78 is 18.5. The highest BCUT2D eigenvalue weighted by Gasteiger charge is 2.26. The molecule has 1 aromatic carbocycles. The number of benzene rings is 1. The average molecular weight is 179 g/mol. The van der Waals surface area contributed by atoms with Crippen LogP contribution in [0.4, 0.5) is 4.39 Å². The maximum absolute atomic E-state index is 12.9. The molecule has 1 aliphatic rings. The Morgan fingerprint density at radius 1 is 1.38 bits per heavy atom. The average Bonchev–Trinajstić information content (AvgIpc) is 2.01. The molecule has 1 radical (unpaired) electrons. The van der Waals surface area contributed by atoms with Gasteiger partial charge < -0.3 is 4.74 Å². The van der Waals surface area contributed by atoms with Crippen LogP contribution in [0.2, 0.25) is 0 Å². The van der Waals surface area contributed by atoms with Gasteiger partial charge in [-0.1, -0.05) is 6.07 Å². The highest BCUT2D eigenvalue weighted by atomic mass is 19.1. The molecule has 1 heterocycles. The monoisotopic (exact) mass is 179 g/mol. The predicted octanol–water partition coefficient (Wildman–Crippen LogP) is 2.94. The lowest BCUT2D eigenvalue weighted by molar-refractivity contribution is 0.0983. The largest absolute Gasteiger partial charge is 0.487 e. The smallest absolute Gasteiger partial charge is 0.126 e. The molecule has 2 heteroatoms. The number of fused-ring (bicyclic) bond motifs is 1. The molecule has 0 unspecified atom stereocenters. The number of ether oxygens (including phenoxy) is 1. The van der Waals surface area contributed by atoms with E-state index in [1.807, 2.05) is 13.8 Å². The Balaban J connectivity index is 2.38. The van der Waals surface area contributed by atoms with Gasteiger partial charge in [0.05, 0.1) is 0 Å². The maximum atomic E-state index is 12.9. The van der Waals surface area contributed by atoms with Gasteiger partial charge >= 0.3 is 0 Å². The second kappa shape index (κ2) is 2.72. The third-order valence-electron chi connectivity index (χ3n) is 2.18. The fourth-order valence-electron chi connectivity index (χ4n) is 1.46. The molecule has 0 amide bonds. The molecule has 1 aliphatic heterocycles. The first kappa shape index (κ1) is 8.54. The zero-order valence-corrected chi connectivity index (χ0v) is 7.80.